The van der Waals surface area contributed by atoms with E-state index in [1.54, 1.807) is 30.3 Å². The van der Waals surface area contributed by atoms with Crippen LogP contribution in [0, 0.1) is 0 Å². The lowest BCUT2D eigenvalue weighted by molar-refractivity contribution is -0.0503. The third-order valence-corrected chi connectivity index (χ3v) is 7.10. The van der Waals surface area contributed by atoms with Gasteiger partial charge in [-0.2, -0.15) is 13.1 Å². The Balaban J connectivity index is 1.66. The minimum absolute atomic E-state index is 0.129. The fourth-order valence-corrected chi connectivity index (χ4v) is 5.14. The lowest BCUT2D eigenvalue weighted by Gasteiger charge is -2.25. The van der Waals surface area contributed by atoms with E-state index in [0.29, 0.717) is 29.4 Å². The van der Waals surface area contributed by atoms with Gasteiger partial charge in [-0.05, 0) is 31.0 Å². The van der Waals surface area contributed by atoms with E-state index in [9.17, 15) is 17.2 Å². The van der Waals surface area contributed by atoms with E-state index in [2.05, 4.69) is 9.72 Å². The molecule has 2 aromatic rings. The predicted molar refractivity (Wildman–Crippen MR) is 99.5 cm³/mol. The average Bonchev–Trinajstić information content (AvgIpc) is 2.68. The van der Waals surface area contributed by atoms with Gasteiger partial charge >= 0.3 is 6.61 Å². The highest BCUT2D eigenvalue weighted by Gasteiger charge is 2.26. The summed E-state index contributed by atoms with van der Waals surface area (Å²) in [4.78, 5) is 4.39. The van der Waals surface area contributed by atoms with Crippen molar-refractivity contribution in [2.24, 2.45) is 0 Å². The van der Waals surface area contributed by atoms with Crippen molar-refractivity contribution in [1.29, 1.82) is 0 Å². The van der Waals surface area contributed by atoms with Gasteiger partial charge in [0, 0.05) is 30.6 Å². The van der Waals surface area contributed by atoms with E-state index in [1.165, 1.54) is 28.3 Å². The molecule has 0 N–H and O–H groups in total. The molecule has 2 heterocycles. The first kappa shape index (κ1) is 20.0. The summed E-state index contributed by atoms with van der Waals surface area (Å²) in [5, 5.41) is 0.611. The number of hydrogen-bond donors (Lipinski definition) is 0. The van der Waals surface area contributed by atoms with E-state index < -0.39 is 16.6 Å². The van der Waals surface area contributed by atoms with Gasteiger partial charge in [0.1, 0.15) is 10.6 Å². The van der Waals surface area contributed by atoms with Crippen LogP contribution in [0.1, 0.15) is 24.8 Å². The molecular weight excluding hydrogens is 394 g/mol. The van der Waals surface area contributed by atoms with Crippen molar-refractivity contribution in [1.82, 2.24) is 9.29 Å². The van der Waals surface area contributed by atoms with E-state index in [-0.39, 0.29) is 10.6 Å². The smallest absolute Gasteiger partial charge is 0.387 e. The Kier molecular flexibility index (Phi) is 6.67. The van der Waals surface area contributed by atoms with Gasteiger partial charge < -0.3 is 4.74 Å². The van der Waals surface area contributed by atoms with E-state index in [1.807, 2.05) is 0 Å². The maximum atomic E-state index is 12.6. The Morgan fingerprint density at radius 3 is 2.52 bits per heavy atom. The van der Waals surface area contributed by atoms with Crippen LogP contribution < -0.4 is 4.74 Å². The molecule has 0 amide bonds. The monoisotopic (exact) mass is 414 g/mol. The molecule has 27 heavy (non-hydrogen) atoms. The van der Waals surface area contributed by atoms with Crippen LogP contribution in [0.25, 0.3) is 0 Å². The molecule has 1 aromatic heterocycles. The van der Waals surface area contributed by atoms with Crippen LogP contribution in [0.3, 0.4) is 0 Å². The Morgan fingerprint density at radius 1 is 1.11 bits per heavy atom. The molecule has 0 atom stereocenters. The molecule has 3 rings (SSSR count). The third-order valence-electron chi connectivity index (χ3n) is 4.23. The number of benzene rings is 1. The number of alkyl halides is 2. The van der Waals surface area contributed by atoms with Crippen molar-refractivity contribution in [3.63, 3.8) is 0 Å². The van der Waals surface area contributed by atoms with E-state index in [0.717, 1.165) is 19.3 Å². The zero-order valence-corrected chi connectivity index (χ0v) is 16.2. The van der Waals surface area contributed by atoms with Crippen molar-refractivity contribution >= 4 is 21.8 Å². The largest absolute Gasteiger partial charge is 0.435 e. The van der Waals surface area contributed by atoms with Crippen LogP contribution in [0.4, 0.5) is 8.78 Å². The first-order chi connectivity index (χ1) is 13.0. The number of piperidine rings is 1. The minimum Gasteiger partial charge on any atom is -0.435 e. The fraction of sp³-hybridized carbons (Fsp3) is 0.389. The molecule has 0 aliphatic carbocycles. The highest BCUT2D eigenvalue weighted by atomic mass is 32.2. The topological polar surface area (TPSA) is 59.5 Å². The quantitative estimate of drug-likeness (QED) is 0.637. The summed E-state index contributed by atoms with van der Waals surface area (Å²) in [6.45, 7) is -1.80. The number of hydrogen-bond acceptors (Lipinski definition) is 5. The van der Waals surface area contributed by atoms with Crippen LogP contribution in [0.2, 0.25) is 0 Å². The molecule has 0 radical (unpaired) electrons. The molecule has 146 valence electrons. The lowest BCUT2D eigenvalue weighted by Crippen LogP contribution is -2.35. The van der Waals surface area contributed by atoms with Crippen LogP contribution in [-0.4, -0.2) is 37.4 Å². The number of ether oxygens (including phenoxy) is 1. The lowest BCUT2D eigenvalue weighted by atomic mass is 10.2. The van der Waals surface area contributed by atoms with Crippen molar-refractivity contribution in [3.05, 3.63) is 48.2 Å². The van der Waals surface area contributed by atoms with Gasteiger partial charge in [-0.15, -0.1) is 11.8 Å². The molecule has 0 bridgehead atoms. The summed E-state index contributed by atoms with van der Waals surface area (Å²) in [5.41, 5.74) is 0.620. The number of pyridine rings is 1. The average molecular weight is 414 g/mol. The molecule has 0 saturated carbocycles. The Hall–Kier alpha value is -1.71. The molecule has 1 fully saturated rings. The minimum atomic E-state index is -3.51. The Bertz CT molecular complexity index is 855. The first-order valence-corrected chi connectivity index (χ1v) is 11.0. The van der Waals surface area contributed by atoms with Crippen LogP contribution >= 0.6 is 11.8 Å². The second-order valence-corrected chi connectivity index (χ2v) is 9.01. The standard InChI is InChI=1S/C18H20F2N2O3S2/c19-18(20)25-16-7-3-2-6-14(16)13-26-17-9-8-15(12-21-17)27(23,24)22-10-4-1-5-11-22/h2-3,6-9,12,18H,1,4-5,10-11,13H2. The Labute approximate surface area is 161 Å². The number of thioether (sulfide) groups is 1. The van der Waals surface area contributed by atoms with Gasteiger partial charge in [0.25, 0.3) is 0 Å². The number of nitrogens with zero attached hydrogens (tertiary/aromatic N) is 2. The molecule has 1 aromatic carbocycles. The van der Waals surface area contributed by atoms with Gasteiger partial charge in [0.05, 0.1) is 5.03 Å². The summed E-state index contributed by atoms with van der Waals surface area (Å²) >= 11 is 1.33. The van der Waals surface area contributed by atoms with Gasteiger partial charge in [-0.25, -0.2) is 13.4 Å². The summed E-state index contributed by atoms with van der Waals surface area (Å²) in [5.74, 6) is 0.512. The molecular formula is C18H20F2N2O3S2. The molecule has 1 aliphatic heterocycles. The second kappa shape index (κ2) is 8.99. The van der Waals surface area contributed by atoms with E-state index in [4.69, 9.17) is 0 Å². The predicted octanol–water partition coefficient (Wildman–Crippen LogP) is 4.15. The molecule has 9 heteroatoms. The normalized spacial score (nSPS) is 15.8. The molecule has 1 aliphatic rings. The van der Waals surface area contributed by atoms with Crippen LogP contribution in [0.5, 0.6) is 5.75 Å². The maximum absolute atomic E-state index is 12.6. The second-order valence-electron chi connectivity index (χ2n) is 6.07. The summed E-state index contributed by atoms with van der Waals surface area (Å²) < 4.78 is 56.2. The summed E-state index contributed by atoms with van der Waals surface area (Å²) in [7, 11) is -3.51. The molecule has 0 spiro atoms. The zero-order valence-electron chi connectivity index (χ0n) is 14.6. The van der Waals surface area contributed by atoms with Crippen LogP contribution in [-0.2, 0) is 15.8 Å². The molecule has 1 saturated heterocycles. The molecule has 5 nitrogen and oxygen atoms in total. The van der Waals surface area contributed by atoms with Crippen LogP contribution in [0.15, 0.2) is 52.5 Å². The highest BCUT2D eigenvalue weighted by Crippen LogP contribution is 2.29. The van der Waals surface area contributed by atoms with E-state index >= 15 is 0 Å². The summed E-state index contributed by atoms with van der Waals surface area (Å²) in [6, 6.07) is 9.75. The highest BCUT2D eigenvalue weighted by molar-refractivity contribution is 7.98. The Morgan fingerprint density at radius 2 is 1.85 bits per heavy atom. The summed E-state index contributed by atoms with van der Waals surface area (Å²) in [6.07, 6.45) is 4.16. The van der Waals surface area contributed by atoms with Gasteiger partial charge in [-0.3, -0.25) is 0 Å². The number of rotatable bonds is 7. The van der Waals surface area contributed by atoms with Gasteiger partial charge in [0.15, 0.2) is 0 Å². The number of halogens is 2. The number of aromatic nitrogens is 1. The zero-order chi connectivity index (χ0) is 19.3. The van der Waals surface area contributed by atoms with Crippen molar-refractivity contribution in [3.8, 4) is 5.75 Å². The van der Waals surface area contributed by atoms with Crippen molar-refractivity contribution in [2.75, 3.05) is 13.1 Å². The first-order valence-electron chi connectivity index (χ1n) is 8.58. The van der Waals surface area contributed by atoms with Crippen molar-refractivity contribution < 1.29 is 21.9 Å². The van der Waals surface area contributed by atoms with Gasteiger partial charge in [-0.1, -0.05) is 24.6 Å². The van der Waals surface area contributed by atoms with Crippen molar-refractivity contribution in [2.45, 2.75) is 41.5 Å². The number of para-hydroxylation sites is 1. The molecule has 0 unspecified atom stereocenters. The SMILES string of the molecule is O=S(=O)(c1ccc(SCc2ccccc2OC(F)F)nc1)N1CCCCC1. The fourth-order valence-electron chi connectivity index (χ4n) is 2.84. The number of sulfonamides is 1. The van der Waals surface area contributed by atoms with Gasteiger partial charge in [0.2, 0.25) is 10.0 Å². The maximum Gasteiger partial charge on any atom is 0.387 e. The third kappa shape index (κ3) is 5.18.